The van der Waals surface area contributed by atoms with Crippen molar-refractivity contribution < 1.29 is 234 Å². The molecule has 0 atom stereocenters. The molecule has 0 amide bonds. The number of carbonyl (C=O) groups excluding carboxylic acids is 8. The first kappa shape index (κ1) is 138. The quantitative estimate of drug-likeness (QED) is 0.110. The summed E-state index contributed by atoms with van der Waals surface area (Å²) in [6, 6.07) is 46.4. The molecule has 52 heteroatoms. The Bertz CT molecular complexity index is 3490. The predicted molar refractivity (Wildman–Crippen MR) is 353 cm³/mol. The van der Waals surface area contributed by atoms with Crippen LogP contribution in [-0.4, -0.2) is 195 Å². The minimum Gasteiger partial charge on any atom is -0.545 e. The van der Waals surface area contributed by atoms with Crippen LogP contribution in [0.5, 0.6) is 0 Å². The van der Waals surface area contributed by atoms with Gasteiger partial charge in [0, 0.05) is 49.6 Å². The number of hydrogen-bond acceptors (Lipinski definition) is 28. The van der Waals surface area contributed by atoms with E-state index in [-0.39, 0.29) is 155 Å². The summed E-state index contributed by atoms with van der Waals surface area (Å²) >= 11 is 0. The van der Waals surface area contributed by atoms with E-state index >= 15 is 0 Å². The van der Waals surface area contributed by atoms with Gasteiger partial charge in [0.2, 0.25) is 0 Å². The van der Waals surface area contributed by atoms with E-state index in [0.717, 1.165) is 70.9 Å². The van der Waals surface area contributed by atoms with Crippen molar-refractivity contribution in [1.82, 2.24) is 79.7 Å². The molecule has 0 saturated carbocycles. The summed E-state index contributed by atoms with van der Waals surface area (Å²) in [5, 5.41) is 80.7. The van der Waals surface area contributed by atoms with Crippen LogP contribution in [0, 0.1) is 0 Å². The molecule has 12 rings (SSSR count). The molecule has 12 aromatic rings. The van der Waals surface area contributed by atoms with E-state index in [1.54, 1.807) is 49.6 Å². The molecule has 0 aromatic carbocycles. The zero-order chi connectivity index (χ0) is 66.6. The van der Waals surface area contributed by atoms with E-state index in [9.17, 15) is 79.2 Å². The molecular weight excluding hydrogens is 1690 g/mol. The minimum atomic E-state index is -1.68. The van der Waals surface area contributed by atoms with Crippen molar-refractivity contribution in [1.29, 1.82) is 0 Å². The SMILES string of the molecule is O.O.O.O.O.O.O.O.O.O.O.O.O.O.O.O.O=C([O-])c1nc[n-]c1C(=O)[O-].O=C([O-])c1nc[n-]c1C(=O)[O-].O=C([O-])c1nc[n-]c1C(=O)[O-].O=C([O-])c1nc[n-]c1C(=O)[O-].[Co+3].[Co+3].[Co+3].[Co+3].c1ccc(-c2ccccn2)nc1.c1ccc(-c2ccccn2)nc1.c1ccc(-c2ccccn2)nc1.c1ccc(-c2ccccn2)nc1. The number of rotatable bonds is 12. The van der Waals surface area contributed by atoms with E-state index in [2.05, 4.69) is 79.7 Å². The van der Waals surface area contributed by atoms with Gasteiger partial charge in [-0.3, -0.25) is 39.9 Å². The van der Waals surface area contributed by atoms with Crippen molar-refractivity contribution in [2.24, 2.45) is 0 Å². The van der Waals surface area contributed by atoms with Crippen LogP contribution >= 0.6 is 0 Å². The van der Waals surface area contributed by atoms with Gasteiger partial charge in [-0.15, -0.1) is 0 Å². The fourth-order valence-electron chi connectivity index (χ4n) is 6.38. The summed E-state index contributed by atoms with van der Waals surface area (Å²) < 4.78 is 0. The van der Waals surface area contributed by atoms with Crippen molar-refractivity contribution in [2.75, 3.05) is 0 Å². The molecule has 48 nitrogen and oxygen atoms in total. The second-order valence-electron chi connectivity index (χ2n) is 16.3. The van der Waals surface area contributed by atoms with Crippen molar-refractivity contribution in [3.63, 3.8) is 0 Å². The number of pyridine rings is 8. The van der Waals surface area contributed by atoms with E-state index in [1.165, 1.54) is 0 Å². The normalized spacial score (nSPS) is 7.86. The van der Waals surface area contributed by atoms with Crippen LogP contribution in [0.4, 0.5) is 0 Å². The number of carboxylic acids is 8. The topological polar surface area (TPSA) is 1040 Å². The van der Waals surface area contributed by atoms with Crippen LogP contribution in [0.25, 0.3) is 45.6 Å². The fourth-order valence-corrected chi connectivity index (χ4v) is 6.38. The van der Waals surface area contributed by atoms with Gasteiger partial charge >= 0.3 is 67.1 Å². The second-order valence-corrected chi connectivity index (χ2v) is 16.3. The van der Waals surface area contributed by atoms with Gasteiger partial charge in [-0.2, -0.15) is 0 Å². The molecule has 0 bridgehead atoms. The monoisotopic (exact) mass is 1760 g/mol. The molecule has 12 heterocycles. The van der Waals surface area contributed by atoms with E-state index < -0.39 is 93.3 Å². The number of carboxylic acid groups (broad SMARTS) is 8. The Hall–Kier alpha value is -12.8. The molecule has 0 fully saturated rings. The smallest absolute Gasteiger partial charge is 0.545 e. The van der Waals surface area contributed by atoms with Crippen LogP contribution in [0.2, 0.25) is 0 Å². The van der Waals surface area contributed by atoms with Crippen molar-refractivity contribution in [3.8, 4) is 45.6 Å². The van der Waals surface area contributed by atoms with Crippen LogP contribution < -0.4 is 60.8 Å². The zero-order valence-corrected chi connectivity index (χ0v) is 60.0. The van der Waals surface area contributed by atoms with Gasteiger partial charge in [-0.1, -0.05) is 73.8 Å². The summed E-state index contributed by atoms with van der Waals surface area (Å²) in [7, 11) is 0. The van der Waals surface area contributed by atoms with Gasteiger partial charge in [-0.05, 0) is 143 Å². The third-order valence-electron chi connectivity index (χ3n) is 10.3. The summed E-state index contributed by atoms with van der Waals surface area (Å²) in [6.45, 7) is 0. The van der Waals surface area contributed by atoms with Gasteiger partial charge in [0.25, 0.3) is 0 Å². The second kappa shape index (κ2) is 75.0. The van der Waals surface area contributed by atoms with Gasteiger partial charge in [-0.25, -0.2) is 0 Å². The number of imidazole rings is 4. The predicted octanol–water partition coefficient (Wildman–Crippen LogP) is -17.6. The molecule has 0 radical (unpaired) electrons. The molecule has 32 N–H and O–H groups in total. The van der Waals surface area contributed by atoms with E-state index in [4.69, 9.17) is 0 Å². The van der Waals surface area contributed by atoms with E-state index in [0.29, 0.717) is 0 Å². The summed E-state index contributed by atoms with van der Waals surface area (Å²) in [5.41, 5.74) is 1.69. The molecule has 0 aliphatic rings. The Kier molecular flexibility index (Phi) is 92.6. The van der Waals surface area contributed by atoms with Crippen LogP contribution in [-0.2, 0) is 67.1 Å². The number of hydrogen-bond donors (Lipinski definition) is 0. The number of carbonyl (C=O) groups is 8. The number of aromatic nitrogens is 16. The maximum atomic E-state index is 10.1. The fraction of sp³-hybridized carbons (Fsp3) is 0. The van der Waals surface area contributed by atoms with Crippen LogP contribution in [0.15, 0.2) is 220 Å². The maximum Gasteiger partial charge on any atom is 3.00 e. The van der Waals surface area contributed by atoms with Gasteiger partial charge in [0.15, 0.2) is 0 Å². The van der Waals surface area contributed by atoms with Crippen molar-refractivity contribution in [2.45, 2.75) is 0 Å². The maximum absolute atomic E-state index is 10.1. The molecule has 0 aliphatic carbocycles. The third-order valence-corrected chi connectivity index (χ3v) is 10.3. The largest absolute Gasteiger partial charge is 3.00 e. The molecule has 616 valence electrons. The van der Waals surface area contributed by atoms with Gasteiger partial charge < -0.3 is 207 Å². The number of nitrogens with zero attached hydrogens (tertiary/aromatic N) is 16. The summed E-state index contributed by atoms with van der Waals surface area (Å²) in [6.07, 6.45) is 17.4. The third kappa shape index (κ3) is 46.4. The molecule has 112 heavy (non-hydrogen) atoms. The van der Waals surface area contributed by atoms with E-state index in [1.807, 2.05) is 146 Å². The first-order valence-electron chi connectivity index (χ1n) is 25.3. The minimum absolute atomic E-state index is 0. The Balaban J connectivity index is -0.0000000655. The summed E-state index contributed by atoms with van der Waals surface area (Å²) in [4.78, 5) is 139. The van der Waals surface area contributed by atoms with Crippen LogP contribution in [0.3, 0.4) is 0 Å². The van der Waals surface area contributed by atoms with Gasteiger partial charge in [0.05, 0.1) is 93.3 Å². The van der Waals surface area contributed by atoms with Crippen molar-refractivity contribution in [3.05, 3.63) is 266 Å². The number of aromatic carboxylic acids is 8. The first-order chi connectivity index (χ1) is 44.4. The zero-order valence-electron chi connectivity index (χ0n) is 55.8. The Morgan fingerprint density at radius 3 is 0.375 bits per heavy atom. The van der Waals surface area contributed by atoms with Gasteiger partial charge in [0.1, 0.15) is 0 Å². The Labute approximate surface area is 669 Å². The molecule has 0 unspecified atom stereocenters. The molecule has 0 spiro atoms. The standard InChI is InChI=1S/4C10H8N2.4C5H4N2O4.4Co.16H2O/c4*1-3-7-11-9(5-1)10-6-2-4-8-12-10;4*8-4(9)2-3(5(10)11)7-1-6-2;;;;;;;;;;;;;;;;;;;;/h4*1-8H;4*1H,(H3,6,7,8,9,10,11);;;;;16*1H2/q;;;;;;;;4*+3;;;;;;;;;;;;;;;;/p-12. The Morgan fingerprint density at radius 2 is 0.304 bits per heavy atom. The molecular formula is C60H68Co4N16O32. The Morgan fingerprint density at radius 1 is 0.188 bits per heavy atom. The average molecular weight is 1760 g/mol. The molecule has 12 aromatic heterocycles. The average Bonchev–Trinajstić information content (AvgIpc) is 1.76. The molecule has 0 saturated heterocycles. The summed E-state index contributed by atoms with van der Waals surface area (Å²) in [5.74, 6) is -13.4. The van der Waals surface area contributed by atoms with Crippen LogP contribution in [0.1, 0.15) is 83.9 Å². The first-order valence-corrected chi connectivity index (χ1v) is 25.3. The van der Waals surface area contributed by atoms with Crippen molar-refractivity contribution >= 4 is 47.8 Å². The molecule has 0 aliphatic heterocycles.